The van der Waals surface area contributed by atoms with E-state index in [1.807, 2.05) is 43.5 Å². The fourth-order valence-electron chi connectivity index (χ4n) is 3.59. The number of aryl methyl sites for hydroxylation is 3. The molecule has 0 amide bonds. The Kier molecular flexibility index (Phi) is 3.19. The van der Waals surface area contributed by atoms with Gasteiger partial charge in [-0.1, -0.05) is 42.0 Å². The molecular weight excluding hydrogens is 282 g/mol. The van der Waals surface area contributed by atoms with Crippen LogP contribution in [-0.4, -0.2) is 10.4 Å². The van der Waals surface area contributed by atoms with E-state index in [4.69, 9.17) is 0 Å². The molecule has 3 aromatic rings. The summed E-state index contributed by atoms with van der Waals surface area (Å²) in [6.07, 6.45) is 3.78. The number of nitrogens with zero attached hydrogens (tertiary/aromatic N) is 1. The SMILES string of the molecule is Cc1ccc2c(c1)c1c(n2C)C(=O)/C(=C/c2ccccc2)CC1. The lowest BCUT2D eigenvalue weighted by atomic mass is 9.89. The number of ketones is 1. The molecule has 0 saturated heterocycles. The molecule has 0 saturated carbocycles. The first kappa shape index (κ1) is 14.0. The Balaban J connectivity index is 1.86. The van der Waals surface area contributed by atoms with Gasteiger partial charge in [0.25, 0.3) is 0 Å². The van der Waals surface area contributed by atoms with Crippen LogP contribution in [0.25, 0.3) is 17.0 Å². The van der Waals surface area contributed by atoms with Crippen LogP contribution in [0.15, 0.2) is 54.1 Å². The van der Waals surface area contributed by atoms with Crippen molar-refractivity contribution in [2.45, 2.75) is 19.8 Å². The van der Waals surface area contributed by atoms with Crippen molar-refractivity contribution in [3.63, 3.8) is 0 Å². The minimum absolute atomic E-state index is 0.173. The van der Waals surface area contributed by atoms with Crippen LogP contribution in [0.3, 0.4) is 0 Å². The van der Waals surface area contributed by atoms with E-state index in [0.29, 0.717) is 0 Å². The number of allylic oxidation sites excluding steroid dienone is 1. The van der Waals surface area contributed by atoms with Gasteiger partial charge in [-0.2, -0.15) is 0 Å². The summed E-state index contributed by atoms with van der Waals surface area (Å²) in [5.41, 5.74) is 6.46. The van der Waals surface area contributed by atoms with Crippen molar-refractivity contribution in [2.75, 3.05) is 0 Å². The molecule has 1 heterocycles. The number of aromatic nitrogens is 1. The summed E-state index contributed by atoms with van der Waals surface area (Å²) in [6.45, 7) is 2.10. The molecule has 0 N–H and O–H groups in total. The number of hydrogen-bond acceptors (Lipinski definition) is 1. The molecule has 0 atom stereocenters. The highest BCUT2D eigenvalue weighted by molar-refractivity contribution is 6.15. The molecule has 23 heavy (non-hydrogen) atoms. The molecule has 0 fully saturated rings. The van der Waals surface area contributed by atoms with Crippen LogP contribution >= 0.6 is 0 Å². The maximum absolute atomic E-state index is 13.0. The van der Waals surface area contributed by atoms with Gasteiger partial charge in [0.1, 0.15) is 0 Å². The molecule has 1 aromatic heterocycles. The van der Waals surface area contributed by atoms with Gasteiger partial charge >= 0.3 is 0 Å². The van der Waals surface area contributed by atoms with Crippen LogP contribution in [0, 0.1) is 6.92 Å². The molecule has 0 radical (unpaired) electrons. The zero-order chi connectivity index (χ0) is 16.0. The van der Waals surface area contributed by atoms with Crippen LogP contribution in [0.2, 0.25) is 0 Å². The molecule has 2 heteroatoms. The highest BCUT2D eigenvalue weighted by Gasteiger charge is 2.27. The summed E-state index contributed by atoms with van der Waals surface area (Å²) in [6, 6.07) is 16.5. The van der Waals surface area contributed by atoms with Gasteiger partial charge in [0.15, 0.2) is 0 Å². The van der Waals surface area contributed by atoms with Crippen LogP contribution in [-0.2, 0) is 13.5 Å². The van der Waals surface area contributed by atoms with Crippen LogP contribution < -0.4 is 0 Å². The average molecular weight is 301 g/mol. The second-order valence-electron chi connectivity index (χ2n) is 6.32. The van der Waals surface area contributed by atoms with Gasteiger partial charge in [0.05, 0.1) is 5.69 Å². The Morgan fingerprint density at radius 3 is 2.61 bits per heavy atom. The summed E-state index contributed by atoms with van der Waals surface area (Å²) < 4.78 is 2.06. The number of carbonyl (C=O) groups excluding carboxylic acids is 1. The maximum Gasteiger partial charge on any atom is 0.205 e. The van der Waals surface area contributed by atoms with Crippen molar-refractivity contribution in [1.82, 2.24) is 4.57 Å². The summed E-state index contributed by atoms with van der Waals surface area (Å²) in [5.74, 6) is 0.173. The van der Waals surface area contributed by atoms with Crippen molar-refractivity contribution < 1.29 is 4.79 Å². The van der Waals surface area contributed by atoms with E-state index >= 15 is 0 Å². The Morgan fingerprint density at radius 1 is 1.04 bits per heavy atom. The van der Waals surface area contributed by atoms with Crippen LogP contribution in [0.1, 0.15) is 33.6 Å². The van der Waals surface area contributed by atoms with Gasteiger partial charge in [-0.05, 0) is 49.1 Å². The first-order valence-electron chi connectivity index (χ1n) is 8.03. The Morgan fingerprint density at radius 2 is 1.83 bits per heavy atom. The highest BCUT2D eigenvalue weighted by Crippen LogP contribution is 2.34. The van der Waals surface area contributed by atoms with Crippen molar-refractivity contribution in [3.8, 4) is 0 Å². The van der Waals surface area contributed by atoms with E-state index in [1.165, 1.54) is 16.5 Å². The lowest BCUT2D eigenvalue weighted by molar-refractivity contribution is 0.101. The first-order chi connectivity index (χ1) is 11.1. The van der Waals surface area contributed by atoms with Crippen LogP contribution in [0.4, 0.5) is 0 Å². The Hall–Kier alpha value is -2.61. The number of benzene rings is 2. The van der Waals surface area contributed by atoms with Crippen LogP contribution in [0.5, 0.6) is 0 Å². The minimum atomic E-state index is 0.173. The highest BCUT2D eigenvalue weighted by atomic mass is 16.1. The largest absolute Gasteiger partial charge is 0.341 e. The fourth-order valence-corrected chi connectivity index (χ4v) is 3.59. The Labute approximate surface area is 136 Å². The fraction of sp³-hybridized carbons (Fsp3) is 0.190. The van der Waals surface area contributed by atoms with Crippen molar-refractivity contribution in [3.05, 3.63) is 76.5 Å². The molecule has 114 valence electrons. The lowest BCUT2D eigenvalue weighted by Gasteiger charge is -2.16. The van der Waals surface area contributed by atoms with Crippen molar-refractivity contribution in [1.29, 1.82) is 0 Å². The normalized spacial score (nSPS) is 16.1. The predicted molar refractivity (Wildman–Crippen MR) is 94.7 cm³/mol. The minimum Gasteiger partial charge on any atom is -0.341 e. The van der Waals surface area contributed by atoms with E-state index in [9.17, 15) is 4.79 Å². The standard InChI is InChI=1S/C21H19NO/c1-14-8-11-19-18(12-14)17-10-9-16(21(23)20(17)22(19)2)13-15-6-4-3-5-7-15/h3-8,11-13H,9-10H2,1-2H3/b16-13+. The molecule has 0 unspecified atom stereocenters. The van der Waals surface area contributed by atoms with Gasteiger partial charge in [-0.25, -0.2) is 0 Å². The second-order valence-corrected chi connectivity index (χ2v) is 6.32. The zero-order valence-corrected chi connectivity index (χ0v) is 13.5. The molecule has 1 aliphatic rings. The van der Waals surface area contributed by atoms with Gasteiger partial charge in [-0.3, -0.25) is 4.79 Å². The predicted octanol–water partition coefficient (Wildman–Crippen LogP) is 4.70. The van der Waals surface area contributed by atoms with E-state index in [-0.39, 0.29) is 5.78 Å². The number of Topliss-reactive ketones (excluding diaryl/α,β-unsaturated/α-hetero) is 1. The average Bonchev–Trinajstić information content (AvgIpc) is 2.84. The first-order valence-corrected chi connectivity index (χ1v) is 8.03. The van der Waals surface area contributed by atoms with Crippen molar-refractivity contribution >= 4 is 22.8 Å². The molecule has 0 aliphatic heterocycles. The smallest absolute Gasteiger partial charge is 0.205 e. The summed E-state index contributed by atoms with van der Waals surface area (Å²) >= 11 is 0. The van der Waals surface area contributed by atoms with E-state index < -0.39 is 0 Å². The van der Waals surface area contributed by atoms with Gasteiger partial charge in [0, 0.05) is 23.5 Å². The van der Waals surface area contributed by atoms with Gasteiger partial charge in [0.2, 0.25) is 5.78 Å². The van der Waals surface area contributed by atoms with E-state index in [0.717, 1.165) is 35.2 Å². The molecule has 4 rings (SSSR count). The number of rotatable bonds is 1. The van der Waals surface area contributed by atoms with E-state index in [1.54, 1.807) is 0 Å². The third kappa shape index (κ3) is 2.22. The molecule has 2 aromatic carbocycles. The van der Waals surface area contributed by atoms with Crippen molar-refractivity contribution in [2.24, 2.45) is 7.05 Å². The summed E-state index contributed by atoms with van der Waals surface area (Å²) in [5, 5.41) is 1.23. The summed E-state index contributed by atoms with van der Waals surface area (Å²) in [4.78, 5) is 13.0. The summed E-state index contributed by atoms with van der Waals surface area (Å²) in [7, 11) is 2.00. The number of carbonyl (C=O) groups is 1. The topological polar surface area (TPSA) is 22.0 Å². The third-order valence-electron chi connectivity index (χ3n) is 4.75. The quantitative estimate of drug-likeness (QED) is 0.597. The zero-order valence-electron chi connectivity index (χ0n) is 13.5. The van der Waals surface area contributed by atoms with Gasteiger partial charge in [-0.15, -0.1) is 0 Å². The molecular formula is C21H19NO. The second kappa shape index (κ2) is 5.24. The number of fused-ring (bicyclic) bond motifs is 3. The molecule has 0 bridgehead atoms. The van der Waals surface area contributed by atoms with E-state index in [2.05, 4.69) is 29.7 Å². The molecule has 1 aliphatic carbocycles. The molecule has 2 nitrogen and oxygen atoms in total. The number of hydrogen-bond donors (Lipinski definition) is 0. The Bertz CT molecular complexity index is 945. The van der Waals surface area contributed by atoms with Gasteiger partial charge < -0.3 is 4.57 Å². The molecule has 0 spiro atoms. The monoisotopic (exact) mass is 301 g/mol. The lowest BCUT2D eigenvalue weighted by Crippen LogP contribution is -2.16. The third-order valence-corrected chi connectivity index (χ3v) is 4.75. The maximum atomic E-state index is 13.0.